The molecule has 3 heteroatoms. The van der Waals surface area contributed by atoms with Gasteiger partial charge < -0.3 is 10.2 Å². The molecule has 0 aromatic rings. The maximum Gasteiger partial charge on any atom is 0.0199 e. The molecule has 2 nitrogen and oxygen atoms in total. The highest BCUT2D eigenvalue weighted by molar-refractivity contribution is 6.25. The standard InChI is InChI=1S/C11H23ClN2/c1-10(2)8-13-5-6-14(4)9-11(3)7-12/h7,10,13H,5-6,8-9H2,1-4H3. The SMILES string of the molecule is CC(=CCl)CN(C)CCNCC(C)C. The lowest BCUT2D eigenvalue weighted by Crippen LogP contribution is -2.31. The summed E-state index contributed by atoms with van der Waals surface area (Å²) in [5.41, 5.74) is 2.86. The third kappa shape index (κ3) is 8.54. The van der Waals surface area contributed by atoms with Crippen molar-refractivity contribution in [3.05, 3.63) is 11.1 Å². The van der Waals surface area contributed by atoms with E-state index < -0.39 is 0 Å². The molecule has 84 valence electrons. The quantitative estimate of drug-likeness (QED) is 0.660. The summed E-state index contributed by atoms with van der Waals surface area (Å²) in [5, 5.41) is 3.41. The van der Waals surface area contributed by atoms with Crippen LogP contribution in [-0.4, -0.2) is 38.1 Å². The Balaban J connectivity index is 3.40. The largest absolute Gasteiger partial charge is 0.315 e. The van der Waals surface area contributed by atoms with Crippen LogP contribution >= 0.6 is 11.6 Å². The Morgan fingerprint density at radius 3 is 2.64 bits per heavy atom. The van der Waals surface area contributed by atoms with E-state index in [9.17, 15) is 0 Å². The van der Waals surface area contributed by atoms with E-state index in [0.29, 0.717) is 0 Å². The minimum Gasteiger partial charge on any atom is -0.315 e. The number of hydrogen-bond acceptors (Lipinski definition) is 2. The van der Waals surface area contributed by atoms with E-state index in [1.807, 2.05) is 6.92 Å². The molecule has 0 saturated carbocycles. The maximum absolute atomic E-state index is 5.59. The molecule has 0 bridgehead atoms. The van der Waals surface area contributed by atoms with Gasteiger partial charge in [-0.1, -0.05) is 25.4 Å². The van der Waals surface area contributed by atoms with Crippen LogP contribution in [0.25, 0.3) is 0 Å². The summed E-state index contributed by atoms with van der Waals surface area (Å²) < 4.78 is 0. The highest BCUT2D eigenvalue weighted by Gasteiger charge is 1.99. The van der Waals surface area contributed by atoms with Gasteiger partial charge >= 0.3 is 0 Å². The van der Waals surface area contributed by atoms with Gasteiger partial charge in [0.2, 0.25) is 0 Å². The lowest BCUT2D eigenvalue weighted by molar-refractivity contribution is 0.354. The first-order valence-corrected chi connectivity index (χ1v) is 5.65. The average molecular weight is 219 g/mol. The molecule has 0 spiro atoms. The van der Waals surface area contributed by atoms with Crippen LogP contribution in [0, 0.1) is 5.92 Å². The van der Waals surface area contributed by atoms with Crippen LogP contribution in [0.3, 0.4) is 0 Å². The number of halogens is 1. The van der Waals surface area contributed by atoms with Crippen molar-refractivity contribution in [2.75, 3.05) is 33.2 Å². The van der Waals surface area contributed by atoms with Crippen molar-refractivity contribution in [2.45, 2.75) is 20.8 Å². The summed E-state index contributed by atoms with van der Waals surface area (Å²) in [5.74, 6) is 0.727. The molecule has 0 unspecified atom stereocenters. The van der Waals surface area contributed by atoms with E-state index >= 15 is 0 Å². The monoisotopic (exact) mass is 218 g/mol. The second-order valence-electron chi connectivity index (χ2n) is 4.29. The molecular formula is C11H23ClN2. The zero-order chi connectivity index (χ0) is 11.0. The van der Waals surface area contributed by atoms with E-state index in [1.165, 1.54) is 5.57 Å². The lowest BCUT2D eigenvalue weighted by Gasteiger charge is -2.17. The van der Waals surface area contributed by atoms with Crippen molar-refractivity contribution in [3.8, 4) is 0 Å². The fraction of sp³-hybridized carbons (Fsp3) is 0.818. The fourth-order valence-electron chi connectivity index (χ4n) is 1.20. The summed E-state index contributed by atoms with van der Waals surface area (Å²) in [4.78, 5) is 2.27. The second-order valence-corrected chi connectivity index (χ2v) is 4.51. The zero-order valence-electron chi connectivity index (χ0n) is 9.81. The normalized spacial score (nSPS) is 12.9. The highest BCUT2D eigenvalue weighted by Crippen LogP contribution is 1.97. The topological polar surface area (TPSA) is 15.3 Å². The van der Waals surface area contributed by atoms with Gasteiger partial charge in [0, 0.05) is 25.2 Å². The molecule has 0 saturated heterocycles. The minimum atomic E-state index is 0.727. The van der Waals surface area contributed by atoms with Crippen LogP contribution in [-0.2, 0) is 0 Å². The molecule has 0 rings (SSSR count). The second kappa shape index (κ2) is 8.27. The predicted molar refractivity (Wildman–Crippen MR) is 64.8 cm³/mol. The Hall–Kier alpha value is -0.0500. The van der Waals surface area contributed by atoms with Gasteiger partial charge in [0.25, 0.3) is 0 Å². The van der Waals surface area contributed by atoms with Crippen molar-refractivity contribution in [1.29, 1.82) is 0 Å². The minimum absolute atomic E-state index is 0.727. The predicted octanol–water partition coefficient (Wildman–Crippen LogP) is 2.31. The molecule has 0 aliphatic rings. The molecule has 0 radical (unpaired) electrons. The van der Waals surface area contributed by atoms with Crippen LogP contribution in [0.2, 0.25) is 0 Å². The summed E-state index contributed by atoms with van der Waals surface area (Å²) in [6.45, 7) is 10.6. The Morgan fingerprint density at radius 2 is 2.14 bits per heavy atom. The number of nitrogens with one attached hydrogen (secondary N) is 1. The van der Waals surface area contributed by atoms with Crippen molar-refractivity contribution < 1.29 is 0 Å². The summed E-state index contributed by atoms with van der Waals surface area (Å²) in [7, 11) is 2.11. The number of rotatable bonds is 7. The molecule has 0 aromatic carbocycles. The molecule has 0 aliphatic carbocycles. The Morgan fingerprint density at radius 1 is 1.50 bits per heavy atom. The summed E-state index contributed by atoms with van der Waals surface area (Å²) in [6, 6.07) is 0. The molecule has 14 heavy (non-hydrogen) atoms. The Bertz CT molecular complexity index is 167. The van der Waals surface area contributed by atoms with Crippen LogP contribution in [0.1, 0.15) is 20.8 Å². The van der Waals surface area contributed by atoms with Crippen molar-refractivity contribution in [3.63, 3.8) is 0 Å². The van der Waals surface area contributed by atoms with Crippen LogP contribution in [0.5, 0.6) is 0 Å². The number of hydrogen-bond donors (Lipinski definition) is 1. The number of nitrogens with zero attached hydrogens (tertiary/aromatic N) is 1. The third-order valence-corrected chi connectivity index (χ3v) is 2.30. The van der Waals surface area contributed by atoms with Gasteiger partial charge in [0.05, 0.1) is 0 Å². The van der Waals surface area contributed by atoms with Crippen LogP contribution in [0.4, 0.5) is 0 Å². The van der Waals surface area contributed by atoms with E-state index in [1.54, 1.807) is 5.54 Å². The number of likely N-dealkylation sites (N-methyl/N-ethyl adjacent to an activating group) is 1. The molecule has 0 heterocycles. The first-order valence-electron chi connectivity index (χ1n) is 5.21. The van der Waals surface area contributed by atoms with E-state index in [-0.39, 0.29) is 0 Å². The van der Waals surface area contributed by atoms with Gasteiger partial charge in [-0.3, -0.25) is 0 Å². The first-order chi connectivity index (χ1) is 6.56. The summed E-state index contributed by atoms with van der Waals surface area (Å²) >= 11 is 5.59. The zero-order valence-corrected chi connectivity index (χ0v) is 10.6. The van der Waals surface area contributed by atoms with Crippen molar-refractivity contribution in [2.24, 2.45) is 5.92 Å². The molecule has 1 N–H and O–H groups in total. The van der Waals surface area contributed by atoms with Gasteiger partial charge in [-0.2, -0.15) is 0 Å². The smallest absolute Gasteiger partial charge is 0.0199 e. The Labute approximate surface area is 93.3 Å². The van der Waals surface area contributed by atoms with E-state index in [2.05, 4.69) is 31.1 Å². The molecule has 0 aromatic heterocycles. The van der Waals surface area contributed by atoms with Crippen molar-refractivity contribution >= 4 is 11.6 Å². The van der Waals surface area contributed by atoms with Crippen LogP contribution in [0.15, 0.2) is 11.1 Å². The molecular weight excluding hydrogens is 196 g/mol. The third-order valence-electron chi connectivity index (χ3n) is 1.93. The van der Waals surface area contributed by atoms with E-state index in [4.69, 9.17) is 11.6 Å². The van der Waals surface area contributed by atoms with Crippen LogP contribution < -0.4 is 5.32 Å². The Kier molecular flexibility index (Phi) is 8.24. The summed E-state index contributed by atoms with van der Waals surface area (Å²) in [6.07, 6.45) is 0. The van der Waals surface area contributed by atoms with Gasteiger partial charge in [0.1, 0.15) is 0 Å². The van der Waals surface area contributed by atoms with Gasteiger partial charge in [-0.15, -0.1) is 0 Å². The fourth-order valence-corrected chi connectivity index (χ4v) is 1.27. The average Bonchev–Trinajstić information content (AvgIpc) is 2.12. The highest BCUT2D eigenvalue weighted by atomic mass is 35.5. The molecule has 0 amide bonds. The maximum atomic E-state index is 5.59. The van der Waals surface area contributed by atoms with Gasteiger partial charge in [-0.25, -0.2) is 0 Å². The molecule has 0 aliphatic heterocycles. The molecule has 0 atom stereocenters. The lowest BCUT2D eigenvalue weighted by atomic mass is 10.2. The van der Waals surface area contributed by atoms with E-state index in [0.717, 1.165) is 32.1 Å². The van der Waals surface area contributed by atoms with Crippen molar-refractivity contribution in [1.82, 2.24) is 10.2 Å². The first kappa shape index (κ1) is 13.9. The van der Waals surface area contributed by atoms with Gasteiger partial charge in [-0.05, 0) is 32.0 Å². The molecule has 0 fully saturated rings. The van der Waals surface area contributed by atoms with Gasteiger partial charge in [0.15, 0.2) is 0 Å².